The number of nitrogens with zero attached hydrogens (tertiary/aromatic N) is 1. The van der Waals surface area contributed by atoms with E-state index in [-0.39, 0.29) is 17.9 Å². The molecule has 3 heteroatoms. The highest BCUT2D eigenvalue weighted by atomic mass is 16.5. The number of hydrogen-bond acceptors (Lipinski definition) is 2. The molecular formula is C51H50BNO. The van der Waals surface area contributed by atoms with E-state index in [4.69, 9.17) is 4.65 Å². The van der Waals surface area contributed by atoms with E-state index in [0.29, 0.717) is 0 Å². The van der Waals surface area contributed by atoms with Gasteiger partial charge in [0, 0.05) is 17.1 Å². The summed E-state index contributed by atoms with van der Waals surface area (Å²) in [6, 6.07) is 52.4. The number of hydrogen-bond donors (Lipinski definition) is 0. The molecule has 1 aliphatic heterocycles. The highest BCUT2D eigenvalue weighted by Gasteiger charge is 2.49. The Hall–Kier alpha value is -5.64. The van der Waals surface area contributed by atoms with Crippen molar-refractivity contribution in [3.05, 3.63) is 190 Å². The van der Waals surface area contributed by atoms with Crippen LogP contribution in [0.3, 0.4) is 0 Å². The van der Waals surface area contributed by atoms with Gasteiger partial charge in [-0.3, -0.25) is 0 Å². The molecule has 0 unspecified atom stereocenters. The normalized spacial score (nSPS) is 15.1. The first-order chi connectivity index (χ1) is 26.0. The number of benzene rings is 6. The SMILES string of the molecule is Cc1ccc(/C=C/c2ccc(N(c3ccc(/C=C/c4ccc(C)cc4)cc3)c3ccc(/C=C/c4cccc(B5CC(C)(C)C(C)(C)O5)c4)cc3)cc2)cc1. The van der Waals surface area contributed by atoms with Crippen LogP contribution in [0.4, 0.5) is 17.1 Å². The first kappa shape index (κ1) is 36.7. The Balaban J connectivity index is 1.12. The summed E-state index contributed by atoms with van der Waals surface area (Å²) in [6.45, 7) is 13.4. The first-order valence-corrected chi connectivity index (χ1v) is 19.1. The van der Waals surface area contributed by atoms with Crippen LogP contribution in [0.25, 0.3) is 36.5 Å². The standard InChI is InChI=1S/C51H50BNO/c1-38-10-14-40(15-11-38)18-20-42-24-30-47(31-25-42)53(48-32-26-43(27-33-48)21-19-41-16-12-39(2)13-17-41)49-34-28-44(29-35-49)22-23-45-8-7-9-46(36-45)52-37-50(3,4)51(5,6)54-52/h7-36H,37H2,1-6H3/b20-18+,21-19+,23-22+. The highest BCUT2D eigenvalue weighted by molar-refractivity contribution is 6.68. The summed E-state index contributed by atoms with van der Waals surface area (Å²) in [5.74, 6) is 0. The molecule has 0 N–H and O–H groups in total. The van der Waals surface area contributed by atoms with Crippen LogP contribution >= 0.6 is 0 Å². The van der Waals surface area contributed by atoms with Crippen molar-refractivity contribution in [3.63, 3.8) is 0 Å². The Bertz CT molecular complexity index is 2140. The molecule has 1 saturated heterocycles. The second-order valence-electron chi connectivity index (χ2n) is 15.8. The molecule has 0 amide bonds. The maximum atomic E-state index is 6.52. The van der Waals surface area contributed by atoms with Gasteiger partial charge in [-0.1, -0.05) is 171 Å². The van der Waals surface area contributed by atoms with Crippen molar-refractivity contribution in [2.45, 2.75) is 53.5 Å². The fourth-order valence-electron chi connectivity index (χ4n) is 6.90. The third-order valence-electron chi connectivity index (χ3n) is 11.1. The molecule has 6 aromatic rings. The predicted octanol–water partition coefficient (Wildman–Crippen LogP) is 13.3. The van der Waals surface area contributed by atoms with Crippen LogP contribution in [0.2, 0.25) is 6.32 Å². The third-order valence-corrected chi connectivity index (χ3v) is 11.1. The van der Waals surface area contributed by atoms with Gasteiger partial charge in [0.25, 0.3) is 0 Å². The molecule has 0 bridgehead atoms. The largest absolute Gasteiger partial charge is 0.426 e. The zero-order chi connectivity index (χ0) is 37.7. The third kappa shape index (κ3) is 8.76. The molecule has 7 rings (SSSR count). The van der Waals surface area contributed by atoms with Gasteiger partial charge >= 0.3 is 6.92 Å². The second-order valence-corrected chi connectivity index (χ2v) is 15.8. The average Bonchev–Trinajstić information content (AvgIpc) is 3.41. The van der Waals surface area contributed by atoms with Crippen LogP contribution in [0.1, 0.15) is 72.2 Å². The Morgan fingerprint density at radius 1 is 0.463 bits per heavy atom. The number of rotatable bonds is 10. The van der Waals surface area contributed by atoms with Crippen molar-refractivity contribution < 1.29 is 4.65 Å². The predicted molar refractivity (Wildman–Crippen MR) is 236 cm³/mol. The van der Waals surface area contributed by atoms with Gasteiger partial charge < -0.3 is 9.55 Å². The zero-order valence-corrected chi connectivity index (χ0v) is 32.5. The molecule has 0 aromatic heterocycles. The van der Waals surface area contributed by atoms with Crippen LogP contribution < -0.4 is 10.4 Å². The molecule has 0 saturated carbocycles. The number of aryl methyl sites for hydroxylation is 2. The van der Waals surface area contributed by atoms with Crippen LogP contribution in [-0.4, -0.2) is 12.5 Å². The molecule has 0 aliphatic carbocycles. The van der Waals surface area contributed by atoms with Crippen LogP contribution in [0.5, 0.6) is 0 Å². The van der Waals surface area contributed by atoms with E-state index in [0.717, 1.165) is 40.1 Å². The minimum absolute atomic E-state index is 0.116. The molecule has 268 valence electrons. The van der Waals surface area contributed by atoms with Gasteiger partial charge in [0.1, 0.15) is 0 Å². The molecule has 1 fully saturated rings. The van der Waals surface area contributed by atoms with Crippen molar-refractivity contribution in [3.8, 4) is 0 Å². The monoisotopic (exact) mass is 703 g/mol. The Labute approximate surface area is 323 Å². The van der Waals surface area contributed by atoms with E-state index < -0.39 is 0 Å². The van der Waals surface area contributed by atoms with Crippen molar-refractivity contribution >= 4 is 65.9 Å². The van der Waals surface area contributed by atoms with E-state index in [1.54, 1.807) is 0 Å². The summed E-state index contributed by atoms with van der Waals surface area (Å²) in [7, 11) is 0. The summed E-state index contributed by atoms with van der Waals surface area (Å²) >= 11 is 0. The van der Waals surface area contributed by atoms with Crippen LogP contribution in [0, 0.1) is 19.3 Å². The molecular weight excluding hydrogens is 653 g/mol. The molecule has 1 aliphatic rings. The van der Waals surface area contributed by atoms with Gasteiger partial charge in [0.2, 0.25) is 0 Å². The summed E-state index contributed by atoms with van der Waals surface area (Å²) in [4.78, 5) is 2.32. The Kier molecular flexibility index (Phi) is 10.7. The zero-order valence-electron chi connectivity index (χ0n) is 32.5. The minimum Gasteiger partial charge on any atom is -0.426 e. The smallest absolute Gasteiger partial charge is 0.327 e. The Morgan fingerprint density at radius 3 is 1.17 bits per heavy atom. The van der Waals surface area contributed by atoms with Crippen LogP contribution in [-0.2, 0) is 4.65 Å². The molecule has 6 aromatic carbocycles. The van der Waals surface area contributed by atoms with Gasteiger partial charge in [0.05, 0.1) is 5.60 Å². The summed E-state index contributed by atoms with van der Waals surface area (Å²) < 4.78 is 6.52. The van der Waals surface area contributed by atoms with Gasteiger partial charge in [-0.2, -0.15) is 0 Å². The van der Waals surface area contributed by atoms with E-state index in [1.807, 2.05) is 0 Å². The van der Waals surface area contributed by atoms with E-state index >= 15 is 0 Å². The lowest BCUT2D eigenvalue weighted by Crippen LogP contribution is -2.36. The lowest BCUT2D eigenvalue weighted by Gasteiger charge is -2.34. The van der Waals surface area contributed by atoms with Gasteiger partial charge in [-0.25, -0.2) is 0 Å². The van der Waals surface area contributed by atoms with Gasteiger partial charge in [0.15, 0.2) is 0 Å². The quantitative estimate of drug-likeness (QED) is 0.104. The van der Waals surface area contributed by atoms with Crippen molar-refractivity contribution in [2.24, 2.45) is 5.41 Å². The fourth-order valence-corrected chi connectivity index (χ4v) is 6.90. The molecule has 0 radical (unpaired) electrons. The van der Waals surface area contributed by atoms with Gasteiger partial charge in [-0.15, -0.1) is 0 Å². The maximum Gasteiger partial charge on any atom is 0.327 e. The molecule has 1 heterocycles. The lowest BCUT2D eigenvalue weighted by molar-refractivity contribution is 0.0375. The second kappa shape index (κ2) is 15.8. The molecule has 2 nitrogen and oxygen atoms in total. The summed E-state index contributed by atoms with van der Waals surface area (Å²) in [5, 5.41) is 0. The van der Waals surface area contributed by atoms with Crippen LogP contribution in [0.15, 0.2) is 146 Å². The van der Waals surface area contributed by atoms with E-state index in [9.17, 15) is 0 Å². The molecule has 0 atom stereocenters. The lowest BCUT2D eigenvalue weighted by atomic mass is 9.54. The maximum absolute atomic E-state index is 6.52. The summed E-state index contributed by atoms with van der Waals surface area (Å²) in [5.41, 5.74) is 14.1. The topological polar surface area (TPSA) is 12.5 Å². The summed E-state index contributed by atoms with van der Waals surface area (Å²) in [6.07, 6.45) is 14.1. The van der Waals surface area contributed by atoms with Gasteiger partial charge in [-0.05, 0) is 115 Å². The van der Waals surface area contributed by atoms with E-state index in [1.165, 1.54) is 33.3 Å². The first-order valence-electron chi connectivity index (χ1n) is 19.1. The average molecular weight is 704 g/mol. The van der Waals surface area contributed by atoms with Crippen molar-refractivity contribution in [2.75, 3.05) is 4.90 Å². The van der Waals surface area contributed by atoms with Crippen molar-refractivity contribution in [1.82, 2.24) is 0 Å². The fraction of sp³-hybridized carbons (Fsp3) is 0.176. The highest BCUT2D eigenvalue weighted by Crippen LogP contribution is 2.45. The minimum atomic E-state index is -0.152. The van der Waals surface area contributed by atoms with E-state index in [2.05, 4.69) is 228 Å². The number of anilines is 3. The molecule has 54 heavy (non-hydrogen) atoms. The Morgan fingerprint density at radius 2 is 0.815 bits per heavy atom. The molecule has 0 spiro atoms. The van der Waals surface area contributed by atoms with Crippen molar-refractivity contribution in [1.29, 1.82) is 0 Å².